The maximum atomic E-state index is 14.2. The van der Waals surface area contributed by atoms with Gasteiger partial charge in [-0.25, -0.2) is 8.78 Å². The zero-order chi connectivity index (χ0) is 31.4. The fraction of sp³-hybridized carbons (Fsp3) is 0.235. The maximum Gasteiger partial charge on any atom is 0.254 e. The van der Waals surface area contributed by atoms with Gasteiger partial charge in [0.2, 0.25) is 0 Å². The molecule has 3 N–H and O–H groups in total. The van der Waals surface area contributed by atoms with Crippen molar-refractivity contribution in [3.05, 3.63) is 136 Å². The van der Waals surface area contributed by atoms with E-state index in [1.165, 1.54) is 30.1 Å². The SMILES string of the molecule is CN(CCO)C(=O)c1cccc(F)c1C(=O)c1ccccc1.CN(CCO)Cc1cccc(F)c1Cc1ccccc1O. The molecule has 4 rings (SSSR count). The molecule has 0 atom stereocenters. The minimum atomic E-state index is -0.739. The molecule has 0 saturated heterocycles. The van der Waals surface area contributed by atoms with Crippen molar-refractivity contribution in [3.8, 4) is 5.75 Å². The molecular formula is C34H36F2N2O5. The lowest BCUT2D eigenvalue weighted by Gasteiger charge is -2.18. The molecule has 4 aromatic rings. The Hall–Kier alpha value is -4.44. The zero-order valence-corrected chi connectivity index (χ0v) is 24.2. The monoisotopic (exact) mass is 590 g/mol. The first-order chi connectivity index (χ1) is 20.7. The molecule has 226 valence electrons. The van der Waals surface area contributed by atoms with E-state index in [0.717, 1.165) is 11.6 Å². The minimum absolute atomic E-state index is 0.00944. The lowest BCUT2D eigenvalue weighted by molar-refractivity contribution is 0.0762. The van der Waals surface area contributed by atoms with Gasteiger partial charge in [-0.15, -0.1) is 0 Å². The number of benzene rings is 4. The number of ketones is 1. The van der Waals surface area contributed by atoms with E-state index in [1.807, 2.05) is 24.1 Å². The Balaban J connectivity index is 0.000000236. The second-order valence-electron chi connectivity index (χ2n) is 9.95. The van der Waals surface area contributed by atoms with Crippen LogP contribution in [0.1, 0.15) is 43.0 Å². The summed E-state index contributed by atoms with van der Waals surface area (Å²) < 4.78 is 28.3. The van der Waals surface area contributed by atoms with Gasteiger partial charge >= 0.3 is 0 Å². The van der Waals surface area contributed by atoms with Gasteiger partial charge in [-0.05, 0) is 48.0 Å². The smallest absolute Gasteiger partial charge is 0.254 e. The van der Waals surface area contributed by atoms with E-state index in [-0.39, 0.29) is 42.5 Å². The largest absolute Gasteiger partial charge is 0.508 e. The van der Waals surface area contributed by atoms with E-state index >= 15 is 0 Å². The second-order valence-corrected chi connectivity index (χ2v) is 9.95. The molecule has 0 fully saturated rings. The third-order valence-corrected chi connectivity index (χ3v) is 6.79. The van der Waals surface area contributed by atoms with Gasteiger partial charge in [0.25, 0.3) is 5.91 Å². The van der Waals surface area contributed by atoms with Gasteiger partial charge in [-0.3, -0.25) is 14.5 Å². The number of halogens is 2. The van der Waals surface area contributed by atoms with Gasteiger partial charge in [0.05, 0.1) is 24.3 Å². The topological polar surface area (TPSA) is 101 Å². The predicted molar refractivity (Wildman–Crippen MR) is 161 cm³/mol. The number of rotatable bonds is 11. The summed E-state index contributed by atoms with van der Waals surface area (Å²) in [5, 5.41) is 27.7. The van der Waals surface area contributed by atoms with Crippen LogP contribution in [0.3, 0.4) is 0 Å². The molecule has 0 heterocycles. The fourth-order valence-corrected chi connectivity index (χ4v) is 4.46. The number of carbonyl (C=O) groups excluding carboxylic acids is 2. The molecule has 0 aromatic heterocycles. The normalized spacial score (nSPS) is 10.7. The van der Waals surface area contributed by atoms with Crippen LogP contribution in [-0.2, 0) is 13.0 Å². The van der Waals surface area contributed by atoms with Crippen LogP contribution in [0.25, 0.3) is 0 Å². The number of likely N-dealkylation sites (N-methyl/N-ethyl adjacent to an activating group) is 2. The average Bonchev–Trinajstić information content (AvgIpc) is 3.00. The van der Waals surface area contributed by atoms with Crippen LogP contribution in [0.4, 0.5) is 8.78 Å². The third-order valence-electron chi connectivity index (χ3n) is 6.79. The number of hydrogen-bond donors (Lipinski definition) is 3. The molecule has 0 radical (unpaired) electrons. The molecule has 43 heavy (non-hydrogen) atoms. The van der Waals surface area contributed by atoms with Gasteiger partial charge in [-0.2, -0.15) is 0 Å². The van der Waals surface area contributed by atoms with E-state index < -0.39 is 17.5 Å². The molecule has 4 aromatic carbocycles. The van der Waals surface area contributed by atoms with E-state index in [0.29, 0.717) is 36.2 Å². The van der Waals surface area contributed by atoms with Crippen molar-refractivity contribution in [1.29, 1.82) is 0 Å². The molecule has 0 saturated carbocycles. The number of phenolic OH excluding ortho intramolecular Hbond substituents is 1. The summed E-state index contributed by atoms with van der Waals surface area (Å²) in [5.41, 5.74) is 2.21. The lowest BCUT2D eigenvalue weighted by atomic mass is 9.97. The van der Waals surface area contributed by atoms with Crippen molar-refractivity contribution in [3.63, 3.8) is 0 Å². The predicted octanol–water partition coefficient (Wildman–Crippen LogP) is 4.67. The average molecular weight is 591 g/mol. The molecule has 0 bridgehead atoms. The number of aliphatic hydroxyl groups is 2. The highest BCUT2D eigenvalue weighted by atomic mass is 19.1. The number of para-hydroxylation sites is 1. The third kappa shape index (κ3) is 9.02. The quantitative estimate of drug-likeness (QED) is 0.220. The number of carbonyl (C=O) groups is 2. The van der Waals surface area contributed by atoms with Crippen molar-refractivity contribution in [2.45, 2.75) is 13.0 Å². The van der Waals surface area contributed by atoms with Gasteiger partial charge in [0.1, 0.15) is 17.4 Å². The summed E-state index contributed by atoms with van der Waals surface area (Å²) in [6.45, 7) is 1.06. The van der Waals surface area contributed by atoms with E-state index in [1.54, 1.807) is 54.6 Å². The molecule has 0 aliphatic carbocycles. The van der Waals surface area contributed by atoms with E-state index in [4.69, 9.17) is 10.2 Å². The van der Waals surface area contributed by atoms with Crippen LogP contribution < -0.4 is 0 Å². The fourth-order valence-electron chi connectivity index (χ4n) is 4.46. The minimum Gasteiger partial charge on any atom is -0.508 e. The summed E-state index contributed by atoms with van der Waals surface area (Å²) in [7, 11) is 3.37. The van der Waals surface area contributed by atoms with Crippen LogP contribution >= 0.6 is 0 Å². The molecular weight excluding hydrogens is 554 g/mol. The Morgan fingerprint density at radius 1 is 0.721 bits per heavy atom. The number of amides is 1. The summed E-state index contributed by atoms with van der Waals surface area (Å²) >= 11 is 0. The molecule has 0 aliphatic heterocycles. The first-order valence-corrected chi connectivity index (χ1v) is 13.7. The van der Waals surface area contributed by atoms with Crippen molar-refractivity contribution < 1.29 is 33.7 Å². The Labute approximate surface area is 250 Å². The number of aliphatic hydroxyl groups excluding tert-OH is 2. The van der Waals surface area contributed by atoms with Crippen LogP contribution in [0, 0.1) is 11.6 Å². The van der Waals surface area contributed by atoms with Crippen molar-refractivity contribution >= 4 is 11.7 Å². The van der Waals surface area contributed by atoms with Crippen molar-refractivity contribution in [2.24, 2.45) is 0 Å². The summed E-state index contributed by atoms with van der Waals surface area (Å²) in [6, 6.07) is 24.2. The summed E-state index contributed by atoms with van der Waals surface area (Å²) in [6.07, 6.45) is 0.349. The number of aromatic hydroxyl groups is 1. The van der Waals surface area contributed by atoms with Gasteiger partial charge < -0.3 is 20.2 Å². The Kier molecular flexibility index (Phi) is 12.5. The van der Waals surface area contributed by atoms with E-state index in [9.17, 15) is 23.5 Å². The molecule has 9 heteroatoms. The number of hydrogen-bond acceptors (Lipinski definition) is 6. The van der Waals surface area contributed by atoms with Gasteiger partial charge in [0, 0.05) is 38.7 Å². The first-order valence-electron chi connectivity index (χ1n) is 13.7. The van der Waals surface area contributed by atoms with Gasteiger partial charge in [0.15, 0.2) is 5.78 Å². The Bertz CT molecular complexity index is 1510. The van der Waals surface area contributed by atoms with Crippen molar-refractivity contribution in [2.75, 3.05) is 40.4 Å². The van der Waals surface area contributed by atoms with Gasteiger partial charge in [-0.1, -0.05) is 66.7 Å². The lowest BCUT2D eigenvalue weighted by Crippen LogP contribution is -2.31. The Morgan fingerprint density at radius 3 is 2.00 bits per heavy atom. The van der Waals surface area contributed by atoms with Crippen LogP contribution in [0.15, 0.2) is 91.0 Å². The van der Waals surface area contributed by atoms with Crippen LogP contribution in [-0.4, -0.2) is 77.2 Å². The van der Waals surface area contributed by atoms with Crippen molar-refractivity contribution in [1.82, 2.24) is 9.80 Å². The highest BCUT2D eigenvalue weighted by Crippen LogP contribution is 2.24. The summed E-state index contributed by atoms with van der Waals surface area (Å²) in [5.74, 6) is -1.88. The van der Waals surface area contributed by atoms with Crippen LogP contribution in [0.2, 0.25) is 0 Å². The highest BCUT2D eigenvalue weighted by Gasteiger charge is 2.24. The number of phenols is 1. The highest BCUT2D eigenvalue weighted by molar-refractivity contribution is 6.15. The Morgan fingerprint density at radius 2 is 1.33 bits per heavy atom. The molecule has 1 amide bonds. The van der Waals surface area contributed by atoms with Crippen LogP contribution in [0.5, 0.6) is 5.75 Å². The molecule has 0 spiro atoms. The standard InChI is InChI=1S/C17H16FNO3.C17H20FNO2/c1-19(10-11-20)17(22)13-8-5-9-14(18)15(13)16(21)12-6-3-2-4-7-12;1-19(9-10-20)12-14-6-4-7-16(18)15(14)11-13-5-2-3-8-17(13)21/h2-9,20H,10-11H2,1H3;2-8,20-21H,9-12H2,1H3. The van der Waals surface area contributed by atoms with E-state index in [2.05, 4.69) is 0 Å². The molecule has 0 unspecified atom stereocenters. The summed E-state index contributed by atoms with van der Waals surface area (Å²) in [4.78, 5) is 28.0. The maximum absolute atomic E-state index is 14.2. The molecule has 7 nitrogen and oxygen atoms in total. The molecule has 0 aliphatic rings. The zero-order valence-electron chi connectivity index (χ0n) is 24.2. The first kappa shape index (κ1) is 33.1. The number of nitrogens with zero attached hydrogens (tertiary/aromatic N) is 2. The second kappa shape index (κ2) is 16.3.